The van der Waals surface area contributed by atoms with Crippen molar-refractivity contribution in [3.05, 3.63) is 88.6 Å². The number of carbonyl (C=O) groups is 2. The number of morpholine rings is 1. The van der Waals surface area contributed by atoms with E-state index in [1.807, 2.05) is 36.4 Å². The van der Waals surface area contributed by atoms with Crippen LogP contribution in [0.25, 0.3) is 11.1 Å². The third-order valence-electron chi connectivity index (χ3n) is 5.73. The number of likely N-dealkylation sites (N-methyl/N-ethyl adjacent to an activating group) is 1. The van der Waals surface area contributed by atoms with Gasteiger partial charge in [0.25, 0.3) is 11.8 Å². The molecule has 0 saturated carbocycles. The molecular weight excluding hydrogens is 420 g/mol. The van der Waals surface area contributed by atoms with Crippen molar-refractivity contribution in [1.82, 2.24) is 19.8 Å². The molecule has 1 aliphatic heterocycles. The quantitative estimate of drug-likeness (QED) is 0.647. The van der Waals surface area contributed by atoms with Crippen LogP contribution in [0.2, 0.25) is 0 Å². The molecule has 33 heavy (non-hydrogen) atoms. The van der Waals surface area contributed by atoms with Crippen LogP contribution < -0.4 is 5.56 Å². The molecule has 1 aliphatic rings. The number of hydrogen-bond acceptors (Lipinski definition) is 5. The van der Waals surface area contributed by atoms with E-state index in [0.29, 0.717) is 18.5 Å². The molecule has 1 saturated heterocycles. The molecule has 3 heterocycles. The number of nitrogens with zero attached hydrogens (tertiary/aromatic N) is 3. The molecule has 3 aromatic rings. The van der Waals surface area contributed by atoms with E-state index >= 15 is 0 Å². The first-order chi connectivity index (χ1) is 15.9. The van der Waals surface area contributed by atoms with E-state index in [0.717, 1.165) is 16.7 Å². The van der Waals surface area contributed by atoms with Gasteiger partial charge >= 0.3 is 0 Å². The lowest BCUT2D eigenvalue weighted by Crippen LogP contribution is -2.61. The predicted molar refractivity (Wildman–Crippen MR) is 124 cm³/mol. The Hall–Kier alpha value is -3.78. The third-order valence-corrected chi connectivity index (χ3v) is 5.73. The van der Waals surface area contributed by atoms with E-state index in [4.69, 9.17) is 4.74 Å². The molecule has 170 valence electrons. The summed E-state index contributed by atoms with van der Waals surface area (Å²) in [6.45, 7) is 0.706. The Morgan fingerprint density at radius 2 is 1.91 bits per heavy atom. The van der Waals surface area contributed by atoms with Gasteiger partial charge in [-0.3, -0.25) is 19.4 Å². The van der Waals surface area contributed by atoms with Crippen LogP contribution >= 0.6 is 0 Å². The number of hydrogen-bond donors (Lipinski definition) is 1. The average Bonchev–Trinajstić information content (AvgIpc) is 2.84. The maximum atomic E-state index is 13.3. The van der Waals surface area contributed by atoms with Crippen molar-refractivity contribution in [2.24, 2.45) is 0 Å². The van der Waals surface area contributed by atoms with Gasteiger partial charge in [-0.2, -0.15) is 0 Å². The highest BCUT2D eigenvalue weighted by Gasteiger charge is 2.46. The number of benzene rings is 1. The highest BCUT2D eigenvalue weighted by atomic mass is 16.5. The molecule has 8 heteroatoms. The molecule has 0 aliphatic carbocycles. The van der Waals surface area contributed by atoms with Gasteiger partial charge < -0.3 is 19.5 Å². The third kappa shape index (κ3) is 4.85. The molecule has 8 nitrogen and oxygen atoms in total. The van der Waals surface area contributed by atoms with Crippen molar-refractivity contribution in [3.8, 4) is 11.1 Å². The van der Waals surface area contributed by atoms with Crippen molar-refractivity contribution in [2.75, 3.05) is 33.8 Å². The van der Waals surface area contributed by atoms with Crippen molar-refractivity contribution < 1.29 is 14.3 Å². The highest BCUT2D eigenvalue weighted by molar-refractivity contribution is 5.95. The minimum Gasteiger partial charge on any atom is -0.361 e. The van der Waals surface area contributed by atoms with Gasteiger partial charge in [0.2, 0.25) is 5.56 Å². The minimum absolute atomic E-state index is 0.113. The minimum atomic E-state index is -1.21. The van der Waals surface area contributed by atoms with Crippen LogP contribution in [0.5, 0.6) is 0 Å². The lowest BCUT2D eigenvalue weighted by atomic mass is 9.89. The molecule has 0 bridgehead atoms. The van der Waals surface area contributed by atoms with Crippen molar-refractivity contribution in [3.63, 3.8) is 0 Å². The van der Waals surface area contributed by atoms with Gasteiger partial charge in [-0.15, -0.1) is 0 Å². The molecule has 2 aromatic heterocycles. The van der Waals surface area contributed by atoms with Crippen LogP contribution in [-0.2, 0) is 16.0 Å². The number of aromatic nitrogens is 2. The molecule has 4 rings (SSSR count). The fourth-order valence-corrected chi connectivity index (χ4v) is 4.14. The number of pyridine rings is 2. The Bertz CT molecular complexity index is 1190. The van der Waals surface area contributed by atoms with Gasteiger partial charge in [0.05, 0.1) is 18.7 Å². The summed E-state index contributed by atoms with van der Waals surface area (Å²) in [7, 11) is 3.37. The number of ether oxygens (including phenoxy) is 1. The molecule has 1 unspecified atom stereocenters. The van der Waals surface area contributed by atoms with E-state index < -0.39 is 5.60 Å². The molecule has 1 N–H and O–H groups in total. The Balaban J connectivity index is 1.64. The molecular formula is C25H26N4O4. The zero-order valence-corrected chi connectivity index (χ0v) is 18.7. The number of H-pyrrole nitrogens is 1. The van der Waals surface area contributed by atoms with Gasteiger partial charge in [-0.1, -0.05) is 24.3 Å². The van der Waals surface area contributed by atoms with Crippen LogP contribution in [0.4, 0.5) is 0 Å². The SMILES string of the molecule is CN(C)C(=O)C1(Cc2cccc(-c3ccncc3)c2)CN(C(=O)c2ccc(=O)[nH]c2)CCO1. The smallest absolute Gasteiger partial charge is 0.256 e. The topological polar surface area (TPSA) is 95.6 Å². The predicted octanol–water partition coefficient (Wildman–Crippen LogP) is 1.98. The second-order valence-electron chi connectivity index (χ2n) is 8.32. The van der Waals surface area contributed by atoms with E-state index in [2.05, 4.69) is 9.97 Å². The highest BCUT2D eigenvalue weighted by Crippen LogP contribution is 2.28. The van der Waals surface area contributed by atoms with E-state index in [-0.39, 0.29) is 30.5 Å². The van der Waals surface area contributed by atoms with Crippen molar-refractivity contribution in [2.45, 2.75) is 12.0 Å². The van der Waals surface area contributed by atoms with Crippen LogP contribution in [0.15, 0.2) is 71.9 Å². The molecule has 0 radical (unpaired) electrons. The fraction of sp³-hybridized carbons (Fsp3) is 0.280. The van der Waals surface area contributed by atoms with Crippen LogP contribution in [0.1, 0.15) is 15.9 Å². The first kappa shape index (κ1) is 22.4. The van der Waals surface area contributed by atoms with Crippen LogP contribution in [0.3, 0.4) is 0 Å². The molecule has 1 aromatic carbocycles. The van der Waals surface area contributed by atoms with E-state index in [9.17, 15) is 14.4 Å². The molecule has 0 spiro atoms. The first-order valence-corrected chi connectivity index (χ1v) is 10.7. The molecule has 2 amide bonds. The maximum absolute atomic E-state index is 13.3. The first-order valence-electron chi connectivity index (χ1n) is 10.7. The lowest BCUT2D eigenvalue weighted by molar-refractivity contribution is -0.165. The van der Waals surface area contributed by atoms with Gasteiger partial charge in [0, 0.05) is 51.7 Å². The summed E-state index contributed by atoms with van der Waals surface area (Å²) in [5, 5.41) is 0. The Kier molecular flexibility index (Phi) is 6.37. The maximum Gasteiger partial charge on any atom is 0.256 e. The van der Waals surface area contributed by atoms with Crippen molar-refractivity contribution in [1.29, 1.82) is 0 Å². The summed E-state index contributed by atoms with van der Waals surface area (Å²) in [5.41, 5.74) is 1.84. The number of rotatable bonds is 5. The second-order valence-corrected chi connectivity index (χ2v) is 8.32. The summed E-state index contributed by atoms with van der Waals surface area (Å²) < 4.78 is 6.12. The van der Waals surface area contributed by atoms with Crippen molar-refractivity contribution >= 4 is 11.8 Å². The van der Waals surface area contributed by atoms with E-state index in [1.54, 1.807) is 31.4 Å². The summed E-state index contributed by atoms with van der Waals surface area (Å²) >= 11 is 0. The van der Waals surface area contributed by atoms with Crippen LogP contribution in [-0.4, -0.2) is 71.0 Å². The number of amides is 2. The molecule has 1 atom stereocenters. The van der Waals surface area contributed by atoms with Gasteiger partial charge in [0.1, 0.15) is 0 Å². The zero-order chi connectivity index (χ0) is 23.4. The fourth-order valence-electron chi connectivity index (χ4n) is 4.14. The summed E-state index contributed by atoms with van der Waals surface area (Å²) in [5.74, 6) is -0.452. The summed E-state index contributed by atoms with van der Waals surface area (Å²) in [6.07, 6.45) is 5.19. The number of carbonyl (C=O) groups excluding carboxylic acids is 2. The Morgan fingerprint density at radius 1 is 1.12 bits per heavy atom. The number of nitrogens with one attached hydrogen (secondary N) is 1. The van der Waals surface area contributed by atoms with Gasteiger partial charge in [-0.05, 0) is 34.9 Å². The summed E-state index contributed by atoms with van der Waals surface area (Å²) in [6, 6.07) is 14.6. The number of aromatic amines is 1. The lowest BCUT2D eigenvalue weighted by Gasteiger charge is -2.43. The standard InChI is InChI=1S/C25H26N4O4/c1-28(2)24(32)25(15-18-4-3-5-20(14-18)19-8-10-26-11-9-19)17-29(12-13-33-25)23(31)21-6-7-22(30)27-16-21/h3-11,14,16H,12-13,15,17H2,1-2H3,(H,27,30). The average molecular weight is 447 g/mol. The van der Waals surface area contributed by atoms with Crippen LogP contribution in [0, 0.1) is 0 Å². The monoisotopic (exact) mass is 446 g/mol. The Labute approximate surface area is 191 Å². The van der Waals surface area contributed by atoms with Gasteiger partial charge in [-0.25, -0.2) is 0 Å². The van der Waals surface area contributed by atoms with Gasteiger partial charge in [0.15, 0.2) is 5.60 Å². The second kappa shape index (κ2) is 9.38. The largest absolute Gasteiger partial charge is 0.361 e. The molecule has 1 fully saturated rings. The zero-order valence-electron chi connectivity index (χ0n) is 18.7. The van der Waals surface area contributed by atoms with E-state index in [1.165, 1.54) is 23.2 Å². The summed E-state index contributed by atoms with van der Waals surface area (Å²) in [4.78, 5) is 47.5. The Morgan fingerprint density at radius 3 is 2.61 bits per heavy atom. The normalized spacial score (nSPS) is 18.1.